The van der Waals surface area contributed by atoms with Crippen LogP contribution in [0.5, 0.6) is 0 Å². The Morgan fingerprint density at radius 1 is 0.130 bits per heavy atom. The molecule has 0 unspecified atom stereocenters. The summed E-state index contributed by atoms with van der Waals surface area (Å²) >= 11 is 0. The standard InChI is InChI=1S/C54H30/c1-3-7-43(8-4-1)11-13-45-15-19-47(20-16-45)23-25-49-27-31-51(32-28-49)35-37-53-39-41-54(42-40-53)38-36-52-33-29-50(30-34-52)26-24-48-21-17-46(18-22-48)14-12-44-9-5-2-6-10-44/h1-10,15-22,27-34,39-42H. The van der Waals surface area contributed by atoms with Gasteiger partial charge in [0.05, 0.1) is 0 Å². The molecular weight excluding hydrogens is 649 g/mol. The molecule has 0 heteroatoms. The summed E-state index contributed by atoms with van der Waals surface area (Å²) in [4.78, 5) is 0. The molecule has 0 spiro atoms. The fourth-order valence-corrected chi connectivity index (χ4v) is 5.09. The van der Waals surface area contributed by atoms with Gasteiger partial charge in [-0.3, -0.25) is 0 Å². The molecule has 0 aromatic heterocycles. The maximum absolute atomic E-state index is 3.25. The van der Waals surface area contributed by atoms with Gasteiger partial charge in [-0.1, -0.05) is 107 Å². The third-order valence-electron chi connectivity index (χ3n) is 8.08. The number of hydrogen-bond donors (Lipinski definition) is 0. The minimum atomic E-state index is 0.930. The summed E-state index contributed by atoms with van der Waals surface area (Å²) in [5.41, 5.74) is 11.4. The highest BCUT2D eigenvalue weighted by atomic mass is 14.0. The van der Waals surface area contributed by atoms with Crippen molar-refractivity contribution in [1.29, 1.82) is 0 Å². The van der Waals surface area contributed by atoms with Crippen molar-refractivity contribution in [2.75, 3.05) is 0 Å². The van der Waals surface area contributed by atoms with Gasteiger partial charge in [0.1, 0.15) is 0 Å². The third kappa shape index (κ3) is 10.5. The van der Waals surface area contributed by atoms with Gasteiger partial charge < -0.3 is 0 Å². The van der Waals surface area contributed by atoms with Crippen molar-refractivity contribution in [2.45, 2.75) is 0 Å². The summed E-state index contributed by atoms with van der Waals surface area (Å²) in [5.74, 6) is 38.7. The van der Waals surface area contributed by atoms with Gasteiger partial charge in [-0.2, -0.15) is 0 Å². The zero-order valence-electron chi connectivity index (χ0n) is 29.3. The lowest BCUT2D eigenvalue weighted by molar-refractivity contribution is 1.57. The summed E-state index contributed by atoms with van der Waals surface area (Å²) in [7, 11) is 0. The molecular formula is C54H30. The fraction of sp³-hybridized carbons (Fsp3) is 0. The van der Waals surface area contributed by atoms with Crippen LogP contribution in [0.25, 0.3) is 0 Å². The van der Waals surface area contributed by atoms with E-state index in [2.05, 4.69) is 71.0 Å². The van der Waals surface area contributed by atoms with Gasteiger partial charge in [0.2, 0.25) is 0 Å². The number of benzene rings is 7. The van der Waals surface area contributed by atoms with E-state index >= 15 is 0 Å². The highest BCUT2D eigenvalue weighted by Gasteiger charge is 1.95. The largest absolute Gasteiger partial charge is 0.0622 e. The van der Waals surface area contributed by atoms with Crippen molar-refractivity contribution < 1.29 is 0 Å². The zero-order chi connectivity index (χ0) is 36.6. The van der Waals surface area contributed by atoms with E-state index in [1.807, 2.05) is 182 Å². The number of rotatable bonds is 0. The van der Waals surface area contributed by atoms with E-state index in [1.165, 1.54) is 0 Å². The second-order valence-corrected chi connectivity index (χ2v) is 12.1. The van der Waals surface area contributed by atoms with Crippen molar-refractivity contribution in [2.24, 2.45) is 0 Å². The molecule has 0 saturated heterocycles. The molecule has 0 heterocycles. The SMILES string of the molecule is C(#Cc1ccc(C#Cc2ccc(C#Cc3ccc(C#Cc4ccc(C#Cc5ccc(C#Cc6ccccc6)cc5)cc4)cc3)cc2)cc1)c1ccccc1. The van der Waals surface area contributed by atoms with Crippen LogP contribution in [0, 0.1) is 71.0 Å². The van der Waals surface area contributed by atoms with Gasteiger partial charge >= 0.3 is 0 Å². The smallest absolute Gasteiger partial charge is 0.0249 e. The van der Waals surface area contributed by atoms with Gasteiger partial charge in [-0.25, -0.2) is 0 Å². The zero-order valence-corrected chi connectivity index (χ0v) is 29.3. The van der Waals surface area contributed by atoms with Crippen molar-refractivity contribution in [3.63, 3.8) is 0 Å². The number of hydrogen-bond acceptors (Lipinski definition) is 0. The Hall–Kier alpha value is -8.10. The molecule has 7 aromatic carbocycles. The molecule has 7 rings (SSSR count). The topological polar surface area (TPSA) is 0 Å². The van der Waals surface area contributed by atoms with Crippen LogP contribution in [-0.2, 0) is 0 Å². The molecule has 0 nitrogen and oxygen atoms in total. The quantitative estimate of drug-likeness (QED) is 0.140. The molecule has 0 N–H and O–H groups in total. The van der Waals surface area contributed by atoms with Crippen molar-refractivity contribution in [3.05, 3.63) is 249 Å². The first-order valence-electron chi connectivity index (χ1n) is 17.4. The Morgan fingerprint density at radius 2 is 0.241 bits per heavy atom. The predicted molar refractivity (Wildman–Crippen MR) is 221 cm³/mol. The molecule has 246 valence electrons. The molecule has 0 radical (unpaired) electrons. The van der Waals surface area contributed by atoms with Crippen molar-refractivity contribution in [3.8, 4) is 71.0 Å². The Morgan fingerprint density at radius 3 is 0.370 bits per heavy atom. The maximum atomic E-state index is 3.25. The molecule has 0 aliphatic heterocycles. The summed E-state index contributed by atoms with van der Waals surface area (Å²) in [5, 5.41) is 0. The normalized spacial score (nSPS) is 9.33. The van der Waals surface area contributed by atoms with E-state index in [0.29, 0.717) is 0 Å². The van der Waals surface area contributed by atoms with E-state index in [1.54, 1.807) is 0 Å². The van der Waals surface area contributed by atoms with E-state index in [-0.39, 0.29) is 0 Å². The molecule has 0 aliphatic rings. The highest BCUT2D eigenvalue weighted by Crippen LogP contribution is 2.09. The van der Waals surface area contributed by atoms with Crippen LogP contribution in [0.1, 0.15) is 66.8 Å². The Balaban J connectivity index is 0.899. The summed E-state index contributed by atoms with van der Waals surface area (Å²) in [6.45, 7) is 0. The molecule has 0 fully saturated rings. The minimum absolute atomic E-state index is 0.930. The monoisotopic (exact) mass is 678 g/mol. The van der Waals surface area contributed by atoms with Crippen LogP contribution in [0.3, 0.4) is 0 Å². The van der Waals surface area contributed by atoms with Crippen molar-refractivity contribution in [1.82, 2.24) is 0 Å². The van der Waals surface area contributed by atoms with Crippen LogP contribution >= 0.6 is 0 Å². The summed E-state index contributed by atoms with van der Waals surface area (Å²) < 4.78 is 0. The van der Waals surface area contributed by atoms with Gasteiger partial charge in [0.15, 0.2) is 0 Å². The van der Waals surface area contributed by atoms with Gasteiger partial charge in [-0.05, 0) is 146 Å². The average Bonchev–Trinajstić information content (AvgIpc) is 3.24. The lowest BCUT2D eigenvalue weighted by atomic mass is 10.1. The molecule has 0 aliphatic carbocycles. The molecule has 0 amide bonds. The predicted octanol–water partition coefficient (Wildman–Crippen LogP) is 10.1. The first-order chi connectivity index (χ1) is 26.7. The van der Waals surface area contributed by atoms with Crippen LogP contribution in [0.2, 0.25) is 0 Å². The van der Waals surface area contributed by atoms with E-state index < -0.39 is 0 Å². The Bertz CT molecular complexity index is 2550. The highest BCUT2D eigenvalue weighted by molar-refractivity contribution is 5.53. The van der Waals surface area contributed by atoms with E-state index in [0.717, 1.165) is 66.8 Å². The van der Waals surface area contributed by atoms with E-state index in [4.69, 9.17) is 0 Å². The van der Waals surface area contributed by atoms with Crippen LogP contribution in [0.15, 0.2) is 182 Å². The Labute approximate surface area is 318 Å². The molecule has 0 saturated carbocycles. The van der Waals surface area contributed by atoms with Gasteiger partial charge in [0, 0.05) is 66.8 Å². The second-order valence-electron chi connectivity index (χ2n) is 12.1. The van der Waals surface area contributed by atoms with Crippen LogP contribution in [-0.4, -0.2) is 0 Å². The molecule has 0 bridgehead atoms. The van der Waals surface area contributed by atoms with Crippen molar-refractivity contribution >= 4 is 0 Å². The lowest BCUT2D eigenvalue weighted by Crippen LogP contribution is -1.81. The van der Waals surface area contributed by atoms with Crippen LogP contribution in [0.4, 0.5) is 0 Å². The first kappa shape index (κ1) is 34.4. The van der Waals surface area contributed by atoms with Crippen LogP contribution < -0.4 is 0 Å². The molecule has 54 heavy (non-hydrogen) atoms. The lowest BCUT2D eigenvalue weighted by Gasteiger charge is -1.95. The molecule has 7 aromatic rings. The summed E-state index contributed by atoms with van der Waals surface area (Å²) in [6, 6.07) is 59.9. The second kappa shape index (κ2) is 17.7. The first-order valence-corrected chi connectivity index (χ1v) is 17.4. The molecule has 0 atom stereocenters. The average molecular weight is 679 g/mol. The summed E-state index contributed by atoms with van der Waals surface area (Å²) in [6.07, 6.45) is 0. The van der Waals surface area contributed by atoms with Gasteiger partial charge in [-0.15, -0.1) is 0 Å². The minimum Gasteiger partial charge on any atom is -0.0622 e. The maximum Gasteiger partial charge on any atom is 0.0249 e. The van der Waals surface area contributed by atoms with E-state index in [9.17, 15) is 0 Å². The third-order valence-corrected chi connectivity index (χ3v) is 8.08. The fourth-order valence-electron chi connectivity index (χ4n) is 5.09. The van der Waals surface area contributed by atoms with Gasteiger partial charge in [0.25, 0.3) is 0 Å². The Kier molecular flexibility index (Phi) is 11.3.